The molecule has 7 aromatic rings. The maximum Gasteiger partial charge on any atom is 0.0725 e. The van der Waals surface area contributed by atoms with E-state index in [-0.39, 0.29) is 5.41 Å². The first kappa shape index (κ1) is 29.4. The highest BCUT2D eigenvalue weighted by Gasteiger charge is 2.51. The van der Waals surface area contributed by atoms with Crippen LogP contribution in [0.2, 0.25) is 0 Å². The summed E-state index contributed by atoms with van der Waals surface area (Å²) in [5, 5.41) is 0. The first-order valence-electron chi connectivity index (χ1n) is 16.6. The first-order valence-corrected chi connectivity index (χ1v) is 16.6. The number of aryl methyl sites for hydroxylation is 1. The molecule has 0 saturated heterocycles. The lowest BCUT2D eigenvalue weighted by Gasteiger charge is -2.30. The number of hydrogen-bond donors (Lipinski definition) is 0. The molecular weight excluding hydrogens is 577 g/mol. The molecule has 0 N–H and O–H groups in total. The van der Waals surface area contributed by atoms with Gasteiger partial charge in [0.15, 0.2) is 0 Å². The van der Waals surface area contributed by atoms with Crippen LogP contribution in [0.25, 0.3) is 50.1 Å². The molecule has 2 aliphatic carbocycles. The van der Waals surface area contributed by atoms with Gasteiger partial charge in [-0.3, -0.25) is 0 Å². The zero-order valence-electron chi connectivity index (χ0n) is 27.2. The molecule has 2 aliphatic rings. The van der Waals surface area contributed by atoms with Gasteiger partial charge in [0.25, 0.3) is 0 Å². The Labute approximate surface area is 284 Å². The summed E-state index contributed by atoms with van der Waals surface area (Å²) in [7, 11) is 0. The first-order chi connectivity index (χ1) is 23.6. The third kappa shape index (κ3) is 4.69. The van der Waals surface area contributed by atoms with Gasteiger partial charge in [-0.15, -0.1) is 0 Å². The normalized spacial score (nSPS) is 12.6. The lowest BCUT2D eigenvalue weighted by molar-refractivity contribution is 0.794. The Morgan fingerprint density at radius 2 is 0.917 bits per heavy atom. The Morgan fingerprint density at radius 3 is 1.50 bits per heavy atom. The van der Waals surface area contributed by atoms with E-state index in [0.29, 0.717) is 0 Å². The van der Waals surface area contributed by atoms with Gasteiger partial charge < -0.3 is 0 Å². The summed E-state index contributed by atoms with van der Waals surface area (Å²) < 4.78 is 0. The molecule has 228 valence electrons. The Hall–Kier alpha value is -5.98. The minimum atomic E-state index is -0.308. The maximum atomic E-state index is 4.15. The van der Waals surface area contributed by atoms with Crippen LogP contribution in [0, 0.1) is 6.92 Å². The van der Waals surface area contributed by atoms with E-state index in [1.165, 1.54) is 72.3 Å². The average molecular weight is 613 g/mol. The van der Waals surface area contributed by atoms with Gasteiger partial charge in [0.2, 0.25) is 0 Å². The summed E-state index contributed by atoms with van der Waals surface area (Å²) in [4.78, 5) is 0. The zero-order valence-corrected chi connectivity index (χ0v) is 27.2. The van der Waals surface area contributed by atoms with E-state index in [9.17, 15) is 0 Å². The lowest BCUT2D eigenvalue weighted by Crippen LogP contribution is -2.25. The quantitative estimate of drug-likeness (QED) is 0.173. The second-order valence-corrected chi connectivity index (χ2v) is 12.7. The Balaban J connectivity index is 0.000000217. The summed E-state index contributed by atoms with van der Waals surface area (Å²) in [6, 6.07) is 61.4. The fourth-order valence-electron chi connectivity index (χ4n) is 7.75. The molecule has 0 unspecified atom stereocenters. The molecule has 0 heteroatoms. The predicted octanol–water partition coefficient (Wildman–Crippen LogP) is 12.6. The molecule has 0 amide bonds. The molecule has 0 aromatic heterocycles. The minimum Gasteiger partial charge on any atom is -0.0985 e. The predicted molar refractivity (Wildman–Crippen MR) is 204 cm³/mol. The van der Waals surface area contributed by atoms with Crippen molar-refractivity contribution in [1.29, 1.82) is 0 Å². The molecule has 0 heterocycles. The molecule has 1 spiro atoms. The molecule has 0 atom stereocenters. The van der Waals surface area contributed by atoms with Crippen molar-refractivity contribution in [3.63, 3.8) is 0 Å². The van der Waals surface area contributed by atoms with Gasteiger partial charge in [0.1, 0.15) is 0 Å². The second kappa shape index (κ2) is 12.0. The van der Waals surface area contributed by atoms with E-state index < -0.39 is 0 Å². The average Bonchev–Trinajstić information content (AvgIpc) is 3.62. The summed E-state index contributed by atoms with van der Waals surface area (Å²) in [5.74, 6) is 0. The smallest absolute Gasteiger partial charge is 0.0725 e. The zero-order chi connectivity index (χ0) is 32.7. The standard InChI is InChI=1S/C35H24.C13H12/c1-3-23(2)24-11-10-12-25(21-24)26-19-20-30-29-15-6-9-18-33(29)35(34(30)22-26)31-16-7-4-13-27(31)28-14-5-8-17-32(28)35;1-11-6-5-9-13(10-11)12-7-3-2-4-8-12/h3-22H,1-2H2;2-10H,1H3. The highest BCUT2D eigenvalue weighted by Crippen LogP contribution is 2.62. The lowest BCUT2D eigenvalue weighted by atomic mass is 9.70. The van der Waals surface area contributed by atoms with Crippen LogP contribution in [-0.4, -0.2) is 0 Å². The van der Waals surface area contributed by atoms with Gasteiger partial charge in [-0.1, -0.05) is 183 Å². The molecule has 0 radical (unpaired) electrons. The van der Waals surface area contributed by atoms with E-state index >= 15 is 0 Å². The highest BCUT2D eigenvalue weighted by atomic mass is 14.5. The Kier molecular flexibility index (Phi) is 7.35. The second-order valence-electron chi connectivity index (χ2n) is 12.7. The van der Waals surface area contributed by atoms with E-state index in [0.717, 1.165) is 11.1 Å². The monoisotopic (exact) mass is 612 g/mol. The molecular formula is C48H36. The van der Waals surface area contributed by atoms with Crippen LogP contribution in [0.1, 0.15) is 33.4 Å². The van der Waals surface area contributed by atoms with Crippen LogP contribution in [0.4, 0.5) is 0 Å². The molecule has 48 heavy (non-hydrogen) atoms. The summed E-state index contributed by atoms with van der Waals surface area (Å²) >= 11 is 0. The van der Waals surface area contributed by atoms with Crippen LogP contribution in [0.15, 0.2) is 189 Å². The largest absolute Gasteiger partial charge is 0.0985 e. The number of hydrogen-bond acceptors (Lipinski definition) is 0. The van der Waals surface area contributed by atoms with Gasteiger partial charge in [-0.05, 0) is 97.0 Å². The maximum absolute atomic E-state index is 4.15. The van der Waals surface area contributed by atoms with Gasteiger partial charge in [-0.2, -0.15) is 0 Å². The van der Waals surface area contributed by atoms with Crippen LogP contribution in [0.5, 0.6) is 0 Å². The minimum absolute atomic E-state index is 0.308. The SMILES string of the molecule is C=CC(=C)c1cccc(-c2ccc3c(c2)C2(c4ccccc4-c4ccccc42)c2ccccc2-3)c1.Cc1cccc(-c2ccccc2)c1. The number of benzene rings is 7. The molecule has 0 aliphatic heterocycles. The van der Waals surface area contributed by atoms with Gasteiger partial charge in [0.05, 0.1) is 5.41 Å². The molecule has 9 rings (SSSR count). The van der Waals surface area contributed by atoms with Crippen molar-refractivity contribution in [3.8, 4) is 44.5 Å². The topological polar surface area (TPSA) is 0 Å². The van der Waals surface area contributed by atoms with Crippen molar-refractivity contribution in [2.24, 2.45) is 0 Å². The van der Waals surface area contributed by atoms with Crippen molar-refractivity contribution in [2.45, 2.75) is 12.3 Å². The fraction of sp³-hybridized carbons (Fsp3) is 0.0417. The fourth-order valence-corrected chi connectivity index (χ4v) is 7.75. The van der Waals surface area contributed by atoms with Gasteiger partial charge >= 0.3 is 0 Å². The third-order valence-corrected chi connectivity index (χ3v) is 9.94. The van der Waals surface area contributed by atoms with Crippen molar-refractivity contribution in [3.05, 3.63) is 222 Å². The van der Waals surface area contributed by atoms with Crippen molar-refractivity contribution in [2.75, 3.05) is 0 Å². The van der Waals surface area contributed by atoms with Crippen LogP contribution >= 0.6 is 0 Å². The molecule has 7 aromatic carbocycles. The Bertz CT molecular complexity index is 2270. The molecule has 0 saturated carbocycles. The van der Waals surface area contributed by atoms with Crippen molar-refractivity contribution in [1.82, 2.24) is 0 Å². The van der Waals surface area contributed by atoms with Crippen LogP contribution < -0.4 is 0 Å². The van der Waals surface area contributed by atoms with Crippen LogP contribution in [-0.2, 0) is 5.41 Å². The van der Waals surface area contributed by atoms with E-state index in [1.54, 1.807) is 0 Å². The summed E-state index contributed by atoms with van der Waals surface area (Å²) in [6.45, 7) is 10.2. The van der Waals surface area contributed by atoms with Gasteiger partial charge in [0, 0.05) is 0 Å². The molecule has 0 fully saturated rings. The molecule has 0 bridgehead atoms. The van der Waals surface area contributed by atoms with Crippen molar-refractivity contribution >= 4 is 5.57 Å². The van der Waals surface area contributed by atoms with Crippen LogP contribution in [0.3, 0.4) is 0 Å². The third-order valence-electron chi connectivity index (χ3n) is 9.94. The Morgan fingerprint density at radius 1 is 0.438 bits per heavy atom. The number of rotatable bonds is 4. The molecule has 0 nitrogen and oxygen atoms in total. The highest BCUT2D eigenvalue weighted by molar-refractivity contribution is 5.96. The van der Waals surface area contributed by atoms with E-state index in [2.05, 4.69) is 184 Å². The number of allylic oxidation sites excluding steroid dienone is 2. The van der Waals surface area contributed by atoms with Crippen molar-refractivity contribution < 1.29 is 0 Å². The van der Waals surface area contributed by atoms with E-state index in [4.69, 9.17) is 0 Å². The summed E-state index contributed by atoms with van der Waals surface area (Å²) in [6.07, 6.45) is 1.82. The van der Waals surface area contributed by atoms with Gasteiger partial charge in [-0.25, -0.2) is 0 Å². The number of fused-ring (bicyclic) bond motifs is 10. The summed E-state index contributed by atoms with van der Waals surface area (Å²) in [5.41, 5.74) is 18.8. The van der Waals surface area contributed by atoms with E-state index in [1.807, 2.05) is 12.1 Å².